The molecule has 130 valence electrons. The highest BCUT2D eigenvalue weighted by molar-refractivity contribution is 7.92. The van der Waals surface area contributed by atoms with E-state index in [9.17, 15) is 26.4 Å². The fourth-order valence-corrected chi connectivity index (χ4v) is 2.85. The number of anilines is 1. The number of primary amides is 1. The van der Waals surface area contributed by atoms with E-state index in [0.717, 1.165) is 0 Å². The lowest BCUT2D eigenvalue weighted by Crippen LogP contribution is -2.21. The molecule has 7 nitrogen and oxygen atoms in total. The Morgan fingerprint density at radius 1 is 1.25 bits per heavy atom. The summed E-state index contributed by atoms with van der Waals surface area (Å²) in [5.41, 5.74) is 5.94. The summed E-state index contributed by atoms with van der Waals surface area (Å²) in [5, 5.41) is 3.92. The predicted octanol–water partition coefficient (Wildman–Crippen LogP) is 1.67. The third kappa shape index (κ3) is 4.98. The molecule has 1 aromatic carbocycles. The third-order valence-corrected chi connectivity index (χ3v) is 4.21. The average molecular weight is 362 g/mol. The molecule has 24 heavy (non-hydrogen) atoms. The Bertz CT molecular complexity index is 829. The normalized spacial score (nSPS) is 12.1. The second-order valence-electron chi connectivity index (χ2n) is 4.87. The average Bonchev–Trinajstić information content (AvgIpc) is 2.95. The quantitative estimate of drug-likeness (QED) is 0.815. The fourth-order valence-electron chi connectivity index (χ4n) is 1.75. The van der Waals surface area contributed by atoms with Gasteiger partial charge in [0.15, 0.2) is 0 Å². The Morgan fingerprint density at radius 2 is 1.88 bits per heavy atom. The van der Waals surface area contributed by atoms with Crippen LogP contribution in [0.5, 0.6) is 0 Å². The highest BCUT2D eigenvalue weighted by Crippen LogP contribution is 2.21. The number of hydrogen-bond donors (Lipinski definition) is 2. The number of nitrogens with two attached hydrogens (primary N) is 1. The fraction of sp³-hybridized carbons (Fsp3) is 0.231. The summed E-state index contributed by atoms with van der Waals surface area (Å²) in [5.74, 6) is -1.70. The molecule has 0 atom stereocenters. The van der Waals surface area contributed by atoms with E-state index < -0.39 is 34.3 Å². The highest BCUT2D eigenvalue weighted by atomic mass is 32.2. The number of amides is 1. The number of carbonyl (C=O) groups excluding carboxylic acids is 1. The predicted molar refractivity (Wildman–Crippen MR) is 80.2 cm³/mol. The van der Waals surface area contributed by atoms with Crippen LogP contribution in [0.25, 0.3) is 5.69 Å². The van der Waals surface area contributed by atoms with Gasteiger partial charge in [-0.1, -0.05) is 0 Å². The smallest absolute Gasteiger partial charge is 0.366 e. The van der Waals surface area contributed by atoms with Crippen molar-refractivity contribution in [2.75, 3.05) is 10.5 Å². The molecule has 3 N–H and O–H groups in total. The first-order valence-corrected chi connectivity index (χ1v) is 8.23. The number of nitrogens with one attached hydrogen (secondary N) is 1. The van der Waals surface area contributed by atoms with Crippen molar-refractivity contribution in [3.05, 3.63) is 42.2 Å². The number of halogens is 3. The van der Waals surface area contributed by atoms with E-state index in [4.69, 9.17) is 5.73 Å². The van der Waals surface area contributed by atoms with Gasteiger partial charge in [-0.05, 0) is 24.3 Å². The minimum absolute atomic E-state index is 0.114. The first kappa shape index (κ1) is 17.8. The molecule has 11 heteroatoms. The summed E-state index contributed by atoms with van der Waals surface area (Å²) in [6.45, 7) is 0. The molecule has 0 fully saturated rings. The molecule has 0 saturated carbocycles. The lowest BCUT2D eigenvalue weighted by atomic mass is 10.3. The first-order valence-electron chi connectivity index (χ1n) is 6.58. The number of aromatic nitrogens is 2. The van der Waals surface area contributed by atoms with Gasteiger partial charge in [0.25, 0.3) is 5.91 Å². The largest absolute Gasteiger partial charge is 0.390 e. The molecule has 0 unspecified atom stereocenters. The third-order valence-electron chi connectivity index (χ3n) is 2.93. The number of rotatable bonds is 6. The second kappa shape index (κ2) is 6.51. The Balaban J connectivity index is 2.07. The molecule has 0 aliphatic carbocycles. The highest BCUT2D eigenvalue weighted by Gasteiger charge is 2.29. The molecule has 1 amide bonds. The number of carbonyl (C=O) groups is 1. The zero-order chi connectivity index (χ0) is 18.0. The molecule has 0 spiro atoms. The Kier molecular flexibility index (Phi) is 4.83. The van der Waals surface area contributed by atoms with Gasteiger partial charge in [0.2, 0.25) is 10.0 Å². The summed E-state index contributed by atoms with van der Waals surface area (Å²) >= 11 is 0. The van der Waals surface area contributed by atoms with Crippen molar-refractivity contribution in [1.82, 2.24) is 9.78 Å². The monoisotopic (exact) mass is 362 g/mol. The molecule has 1 heterocycles. The summed E-state index contributed by atoms with van der Waals surface area (Å²) in [7, 11) is -4.11. The van der Waals surface area contributed by atoms with Crippen molar-refractivity contribution < 1.29 is 26.4 Å². The van der Waals surface area contributed by atoms with Crippen LogP contribution in [0.4, 0.5) is 18.9 Å². The summed E-state index contributed by atoms with van der Waals surface area (Å²) in [6.07, 6.45) is -3.30. The van der Waals surface area contributed by atoms with Crippen LogP contribution in [-0.2, 0) is 10.0 Å². The van der Waals surface area contributed by atoms with Crippen molar-refractivity contribution in [3.8, 4) is 5.69 Å². The van der Waals surface area contributed by atoms with E-state index in [1.165, 1.54) is 41.3 Å². The van der Waals surface area contributed by atoms with Crippen molar-refractivity contribution in [3.63, 3.8) is 0 Å². The van der Waals surface area contributed by atoms with Crippen LogP contribution >= 0.6 is 0 Å². The standard InChI is InChI=1S/C13H13F3N4O3S/c14-13(15,16)5-6-24(22,23)19-10-1-3-11(4-2-10)20-8-9(7-18-20)12(17)21/h1-4,7-8,19H,5-6H2,(H2,17,21). The molecule has 1 aromatic heterocycles. The molecule has 0 bridgehead atoms. The summed E-state index contributed by atoms with van der Waals surface area (Å²) < 4.78 is 62.9. The van der Waals surface area contributed by atoms with E-state index in [1.54, 1.807) is 0 Å². The molecule has 2 rings (SSSR count). The van der Waals surface area contributed by atoms with Crippen molar-refractivity contribution >= 4 is 21.6 Å². The van der Waals surface area contributed by atoms with E-state index in [-0.39, 0.29) is 11.3 Å². The van der Waals surface area contributed by atoms with Gasteiger partial charge in [0, 0.05) is 11.9 Å². The molecule has 0 aliphatic rings. The van der Waals surface area contributed by atoms with Crippen molar-refractivity contribution in [2.24, 2.45) is 5.73 Å². The SMILES string of the molecule is NC(=O)c1cnn(-c2ccc(NS(=O)(=O)CCC(F)(F)F)cc2)c1. The number of nitrogens with zero attached hydrogens (tertiary/aromatic N) is 2. The molecule has 0 aliphatic heterocycles. The van der Waals surface area contributed by atoms with Gasteiger partial charge >= 0.3 is 6.18 Å². The maximum atomic E-state index is 12.1. The van der Waals surface area contributed by atoms with Gasteiger partial charge in [0.1, 0.15) is 0 Å². The number of sulfonamides is 1. The van der Waals surface area contributed by atoms with E-state index in [0.29, 0.717) is 5.69 Å². The van der Waals surface area contributed by atoms with Gasteiger partial charge in [-0.25, -0.2) is 13.1 Å². The van der Waals surface area contributed by atoms with Gasteiger partial charge < -0.3 is 5.73 Å². The summed E-state index contributed by atoms with van der Waals surface area (Å²) in [6, 6.07) is 5.71. The Hall–Kier alpha value is -2.56. The number of alkyl halides is 3. The van der Waals surface area contributed by atoms with Gasteiger partial charge in [0.05, 0.1) is 29.6 Å². The minimum Gasteiger partial charge on any atom is -0.366 e. The Morgan fingerprint density at radius 3 is 2.38 bits per heavy atom. The van der Waals surface area contributed by atoms with Crippen LogP contribution in [-0.4, -0.2) is 36.0 Å². The van der Waals surface area contributed by atoms with Gasteiger partial charge in [-0.2, -0.15) is 18.3 Å². The van der Waals surface area contributed by atoms with Crippen LogP contribution in [0.2, 0.25) is 0 Å². The van der Waals surface area contributed by atoms with Crippen LogP contribution in [0.3, 0.4) is 0 Å². The number of benzene rings is 1. The molecular weight excluding hydrogens is 349 g/mol. The molecule has 0 radical (unpaired) electrons. The van der Waals surface area contributed by atoms with Crippen LogP contribution in [0, 0.1) is 0 Å². The zero-order valence-electron chi connectivity index (χ0n) is 12.1. The van der Waals surface area contributed by atoms with E-state index in [2.05, 4.69) is 9.82 Å². The molecule has 0 saturated heterocycles. The van der Waals surface area contributed by atoms with Crippen LogP contribution in [0.15, 0.2) is 36.7 Å². The Labute approximate surface area is 135 Å². The zero-order valence-corrected chi connectivity index (χ0v) is 12.9. The second-order valence-corrected chi connectivity index (χ2v) is 6.71. The summed E-state index contributed by atoms with van der Waals surface area (Å²) in [4.78, 5) is 11.0. The number of hydrogen-bond acceptors (Lipinski definition) is 4. The minimum atomic E-state index is -4.54. The topological polar surface area (TPSA) is 107 Å². The van der Waals surface area contributed by atoms with Gasteiger partial charge in [-0.15, -0.1) is 0 Å². The molecule has 2 aromatic rings. The lowest BCUT2D eigenvalue weighted by molar-refractivity contribution is -0.129. The van der Waals surface area contributed by atoms with Crippen molar-refractivity contribution in [1.29, 1.82) is 0 Å². The van der Waals surface area contributed by atoms with Crippen LogP contribution in [0.1, 0.15) is 16.8 Å². The lowest BCUT2D eigenvalue weighted by Gasteiger charge is -2.10. The van der Waals surface area contributed by atoms with E-state index >= 15 is 0 Å². The van der Waals surface area contributed by atoms with Crippen LogP contribution < -0.4 is 10.5 Å². The van der Waals surface area contributed by atoms with Crippen molar-refractivity contribution in [2.45, 2.75) is 12.6 Å². The maximum absolute atomic E-state index is 12.1. The van der Waals surface area contributed by atoms with Gasteiger partial charge in [-0.3, -0.25) is 9.52 Å². The molecular formula is C13H13F3N4O3S. The maximum Gasteiger partial charge on any atom is 0.390 e. The van der Waals surface area contributed by atoms with E-state index in [1.807, 2.05) is 0 Å². The first-order chi connectivity index (χ1) is 11.1.